The van der Waals surface area contributed by atoms with Crippen molar-refractivity contribution in [1.82, 2.24) is 9.78 Å². The van der Waals surface area contributed by atoms with Crippen LogP contribution >= 0.6 is 0 Å². The van der Waals surface area contributed by atoms with E-state index in [9.17, 15) is 9.59 Å². The van der Waals surface area contributed by atoms with E-state index in [1.54, 1.807) is 23.0 Å². The maximum absolute atomic E-state index is 12.3. The van der Waals surface area contributed by atoms with E-state index in [2.05, 4.69) is 5.10 Å². The number of benzene rings is 2. The summed E-state index contributed by atoms with van der Waals surface area (Å²) in [7, 11) is 0. The Hall–Kier alpha value is -3.41. The monoisotopic (exact) mass is 348 g/mol. The van der Waals surface area contributed by atoms with Crippen LogP contribution in [0, 0.1) is 0 Å². The Morgan fingerprint density at radius 3 is 2.73 bits per heavy atom. The number of aromatic nitrogens is 2. The lowest BCUT2D eigenvalue weighted by atomic mass is 9.99. The highest BCUT2D eigenvalue weighted by Gasteiger charge is 2.32. The molecule has 0 amide bonds. The molecule has 0 fully saturated rings. The van der Waals surface area contributed by atoms with Gasteiger partial charge in [-0.15, -0.1) is 0 Å². The van der Waals surface area contributed by atoms with Gasteiger partial charge in [0.1, 0.15) is 6.61 Å². The summed E-state index contributed by atoms with van der Waals surface area (Å²) in [5, 5.41) is 4.16. The molecule has 6 nitrogen and oxygen atoms in total. The van der Waals surface area contributed by atoms with Gasteiger partial charge in [-0.25, -0.2) is 14.3 Å². The molecule has 6 heteroatoms. The molecule has 0 N–H and O–H groups in total. The van der Waals surface area contributed by atoms with Crippen LogP contribution in [-0.2, 0) is 27.3 Å². The molecule has 1 aliphatic rings. The first kappa shape index (κ1) is 16.1. The van der Waals surface area contributed by atoms with Crippen LogP contribution in [-0.4, -0.2) is 27.8 Å². The zero-order valence-corrected chi connectivity index (χ0v) is 13.9. The molecule has 0 bridgehead atoms. The number of carbonyl (C=O) groups is 2. The Kier molecular flexibility index (Phi) is 4.23. The minimum absolute atomic E-state index is 0.119. The maximum atomic E-state index is 12.3. The first-order valence-corrected chi connectivity index (χ1v) is 8.25. The van der Waals surface area contributed by atoms with Gasteiger partial charge in [0.05, 0.1) is 11.3 Å². The highest BCUT2D eigenvalue weighted by atomic mass is 16.6. The third-order valence-electron chi connectivity index (χ3n) is 4.24. The Morgan fingerprint density at radius 1 is 1.15 bits per heavy atom. The summed E-state index contributed by atoms with van der Waals surface area (Å²) < 4.78 is 12.3. The van der Waals surface area contributed by atoms with E-state index in [0.717, 1.165) is 16.8 Å². The quantitative estimate of drug-likeness (QED) is 0.678. The second kappa shape index (κ2) is 6.84. The fourth-order valence-corrected chi connectivity index (χ4v) is 2.88. The van der Waals surface area contributed by atoms with Gasteiger partial charge in [0.2, 0.25) is 6.10 Å². The van der Waals surface area contributed by atoms with Gasteiger partial charge < -0.3 is 9.47 Å². The topological polar surface area (TPSA) is 70.4 Å². The van der Waals surface area contributed by atoms with Gasteiger partial charge in [0.25, 0.3) is 0 Å². The smallest absolute Gasteiger partial charge is 0.348 e. The van der Waals surface area contributed by atoms with Crippen LogP contribution in [0.4, 0.5) is 0 Å². The summed E-state index contributed by atoms with van der Waals surface area (Å²) >= 11 is 0. The minimum atomic E-state index is -0.902. The Bertz CT molecular complexity index is 933. The van der Waals surface area contributed by atoms with Crippen molar-refractivity contribution in [3.8, 4) is 5.69 Å². The van der Waals surface area contributed by atoms with Crippen LogP contribution in [0.15, 0.2) is 67.0 Å². The fraction of sp³-hybridized carbons (Fsp3) is 0.150. The average molecular weight is 348 g/mol. The lowest BCUT2D eigenvalue weighted by molar-refractivity contribution is -0.155. The van der Waals surface area contributed by atoms with Crippen molar-refractivity contribution in [2.24, 2.45) is 0 Å². The van der Waals surface area contributed by atoms with Gasteiger partial charge in [0, 0.05) is 18.8 Å². The first-order valence-electron chi connectivity index (χ1n) is 8.25. The predicted molar refractivity (Wildman–Crippen MR) is 92.7 cm³/mol. The number of nitrogens with zero attached hydrogens (tertiary/aromatic N) is 2. The second-order valence-corrected chi connectivity index (χ2v) is 5.98. The number of hydrogen-bond acceptors (Lipinski definition) is 5. The van der Waals surface area contributed by atoms with Gasteiger partial charge >= 0.3 is 11.9 Å². The standard InChI is InChI=1S/C20H16N2O4/c23-19-17-5-2-1-4-15(17)12-18(26-19)20(24)25-13-14-6-8-16(9-7-14)22-11-3-10-21-22/h1-11,18H,12-13H2. The van der Waals surface area contributed by atoms with Crippen molar-refractivity contribution < 1.29 is 19.1 Å². The molecule has 26 heavy (non-hydrogen) atoms. The van der Waals surface area contributed by atoms with Crippen molar-refractivity contribution in [3.63, 3.8) is 0 Å². The lowest BCUT2D eigenvalue weighted by Gasteiger charge is -2.23. The summed E-state index contributed by atoms with van der Waals surface area (Å²) in [6, 6.07) is 16.5. The van der Waals surface area contributed by atoms with E-state index in [1.165, 1.54) is 0 Å². The predicted octanol–water partition coefficient (Wildman–Crippen LogP) is 2.70. The Balaban J connectivity index is 1.38. The molecule has 1 aliphatic heterocycles. The van der Waals surface area contributed by atoms with Crippen molar-refractivity contribution in [3.05, 3.63) is 83.7 Å². The molecule has 1 aromatic heterocycles. The molecule has 0 radical (unpaired) electrons. The molecule has 0 spiro atoms. The van der Waals surface area contributed by atoms with Crippen molar-refractivity contribution >= 4 is 11.9 Å². The van der Waals surface area contributed by atoms with Gasteiger partial charge in [-0.2, -0.15) is 5.10 Å². The van der Waals surface area contributed by atoms with Gasteiger partial charge in [0.15, 0.2) is 0 Å². The van der Waals surface area contributed by atoms with Gasteiger partial charge in [-0.1, -0.05) is 30.3 Å². The molecule has 0 saturated heterocycles. The number of ether oxygens (including phenoxy) is 2. The van der Waals surface area contributed by atoms with E-state index < -0.39 is 18.0 Å². The number of fused-ring (bicyclic) bond motifs is 1. The fourth-order valence-electron chi connectivity index (χ4n) is 2.88. The molecule has 2 aromatic carbocycles. The molecule has 130 valence electrons. The number of carbonyl (C=O) groups excluding carboxylic acids is 2. The van der Waals surface area contributed by atoms with E-state index in [0.29, 0.717) is 12.0 Å². The van der Waals surface area contributed by atoms with Crippen LogP contribution < -0.4 is 0 Å². The second-order valence-electron chi connectivity index (χ2n) is 5.98. The number of cyclic esters (lactones) is 1. The third-order valence-corrected chi connectivity index (χ3v) is 4.24. The highest BCUT2D eigenvalue weighted by molar-refractivity contribution is 5.94. The number of esters is 2. The van der Waals surface area contributed by atoms with Crippen LogP contribution in [0.3, 0.4) is 0 Å². The molecule has 0 aliphatic carbocycles. The molecule has 0 saturated carbocycles. The average Bonchev–Trinajstić information content (AvgIpc) is 3.21. The third kappa shape index (κ3) is 3.21. The summed E-state index contributed by atoms with van der Waals surface area (Å²) in [5.74, 6) is -1.03. The molecular formula is C20H16N2O4. The van der Waals surface area contributed by atoms with Crippen LogP contribution in [0.25, 0.3) is 5.69 Å². The zero-order chi connectivity index (χ0) is 17.9. The molecule has 1 unspecified atom stereocenters. The van der Waals surface area contributed by atoms with E-state index in [4.69, 9.17) is 9.47 Å². The zero-order valence-electron chi connectivity index (χ0n) is 13.9. The van der Waals surface area contributed by atoms with Crippen molar-refractivity contribution in [1.29, 1.82) is 0 Å². The van der Waals surface area contributed by atoms with Crippen molar-refractivity contribution in [2.45, 2.75) is 19.1 Å². The Morgan fingerprint density at radius 2 is 1.96 bits per heavy atom. The van der Waals surface area contributed by atoms with Crippen LogP contribution in [0.1, 0.15) is 21.5 Å². The summed E-state index contributed by atoms with van der Waals surface area (Å²) in [5.41, 5.74) is 3.07. The van der Waals surface area contributed by atoms with E-state index in [-0.39, 0.29) is 6.61 Å². The van der Waals surface area contributed by atoms with E-state index in [1.807, 2.05) is 48.7 Å². The summed E-state index contributed by atoms with van der Waals surface area (Å²) in [6.07, 6.45) is 2.99. The molecule has 1 atom stereocenters. The van der Waals surface area contributed by atoms with E-state index >= 15 is 0 Å². The Labute approximate surface area is 150 Å². The number of rotatable bonds is 4. The minimum Gasteiger partial charge on any atom is -0.458 e. The largest absolute Gasteiger partial charge is 0.458 e. The molecule has 3 aromatic rings. The normalized spacial score (nSPS) is 15.8. The maximum Gasteiger partial charge on any atom is 0.348 e. The SMILES string of the molecule is O=C1OC(C(=O)OCc2ccc(-n3cccn3)cc2)Cc2ccccc21. The molecule has 2 heterocycles. The summed E-state index contributed by atoms with van der Waals surface area (Å²) in [6.45, 7) is 0.119. The molecular weight excluding hydrogens is 332 g/mol. The molecule has 4 rings (SSSR count). The highest BCUT2D eigenvalue weighted by Crippen LogP contribution is 2.21. The lowest BCUT2D eigenvalue weighted by Crippen LogP contribution is -2.35. The van der Waals surface area contributed by atoms with Gasteiger partial charge in [-0.05, 0) is 35.4 Å². The first-order chi connectivity index (χ1) is 12.7. The number of hydrogen-bond donors (Lipinski definition) is 0. The van der Waals surface area contributed by atoms with Crippen molar-refractivity contribution in [2.75, 3.05) is 0 Å². The summed E-state index contributed by atoms with van der Waals surface area (Å²) in [4.78, 5) is 24.3. The van der Waals surface area contributed by atoms with Crippen LogP contribution in [0.5, 0.6) is 0 Å². The van der Waals surface area contributed by atoms with Gasteiger partial charge in [-0.3, -0.25) is 0 Å². The van der Waals surface area contributed by atoms with Crippen LogP contribution in [0.2, 0.25) is 0 Å².